The van der Waals surface area contributed by atoms with E-state index in [0.717, 1.165) is 26.0 Å². The Morgan fingerprint density at radius 1 is 1.05 bits per heavy atom. The fraction of sp³-hybridized carbons (Fsp3) is 0.368. The lowest BCUT2D eigenvalue weighted by Gasteiger charge is -2.40. The molecule has 0 radical (unpaired) electrons. The Bertz CT molecular complexity index is 639. The first-order chi connectivity index (χ1) is 10.2. The minimum absolute atomic E-state index is 0.181. The highest BCUT2D eigenvalue weighted by molar-refractivity contribution is 5.31. The normalized spacial score (nSPS) is 28.1. The van der Waals surface area contributed by atoms with E-state index in [1.165, 1.54) is 16.7 Å². The highest BCUT2D eigenvalue weighted by Crippen LogP contribution is 2.37. The zero-order valence-corrected chi connectivity index (χ0v) is 12.5. The van der Waals surface area contributed by atoms with Crippen LogP contribution in [0.3, 0.4) is 0 Å². The van der Waals surface area contributed by atoms with Crippen molar-refractivity contribution in [1.82, 2.24) is 4.90 Å². The fourth-order valence-corrected chi connectivity index (χ4v) is 3.78. The molecule has 4 rings (SSSR count). The molecule has 21 heavy (non-hydrogen) atoms. The van der Waals surface area contributed by atoms with Gasteiger partial charge in [-0.1, -0.05) is 54.6 Å². The summed E-state index contributed by atoms with van der Waals surface area (Å²) in [4.78, 5) is 2.56. The number of hydrogen-bond donors (Lipinski definition) is 0. The summed E-state index contributed by atoms with van der Waals surface area (Å²) < 4.78 is 6.25. The van der Waals surface area contributed by atoms with E-state index in [1.807, 2.05) is 0 Å². The van der Waals surface area contributed by atoms with Gasteiger partial charge >= 0.3 is 0 Å². The third kappa shape index (κ3) is 2.29. The van der Waals surface area contributed by atoms with Gasteiger partial charge < -0.3 is 4.74 Å². The summed E-state index contributed by atoms with van der Waals surface area (Å²) in [5.41, 5.74) is 4.11. The minimum Gasteiger partial charge on any atom is -0.359 e. The van der Waals surface area contributed by atoms with Crippen molar-refractivity contribution >= 4 is 0 Å². The van der Waals surface area contributed by atoms with Crippen LogP contribution in [0.1, 0.15) is 23.6 Å². The van der Waals surface area contributed by atoms with Gasteiger partial charge in [0.25, 0.3) is 0 Å². The Morgan fingerprint density at radius 3 is 2.57 bits per heavy atom. The Hall–Kier alpha value is -1.64. The number of benzene rings is 2. The van der Waals surface area contributed by atoms with Crippen molar-refractivity contribution in [1.29, 1.82) is 0 Å². The maximum absolute atomic E-state index is 6.25. The van der Waals surface area contributed by atoms with Crippen LogP contribution < -0.4 is 0 Å². The van der Waals surface area contributed by atoms with Crippen LogP contribution in [0.15, 0.2) is 54.6 Å². The Kier molecular flexibility index (Phi) is 3.09. The Balaban J connectivity index is 1.61. The molecule has 2 aromatic rings. The number of hydrogen-bond acceptors (Lipinski definition) is 2. The van der Waals surface area contributed by atoms with Gasteiger partial charge in [-0.2, -0.15) is 0 Å². The largest absolute Gasteiger partial charge is 0.359 e. The third-order valence-electron chi connectivity index (χ3n) is 4.92. The van der Waals surface area contributed by atoms with Crippen molar-refractivity contribution in [3.05, 3.63) is 71.3 Å². The predicted octanol–water partition coefficient (Wildman–Crippen LogP) is 3.40. The number of fused-ring (bicyclic) bond motifs is 2. The monoisotopic (exact) mass is 279 g/mol. The van der Waals surface area contributed by atoms with Crippen molar-refractivity contribution in [2.45, 2.75) is 38.1 Å². The molecule has 1 fully saturated rings. The second-order valence-electron chi connectivity index (χ2n) is 6.40. The van der Waals surface area contributed by atoms with E-state index in [-0.39, 0.29) is 5.72 Å². The van der Waals surface area contributed by atoms with E-state index >= 15 is 0 Å². The van der Waals surface area contributed by atoms with Gasteiger partial charge in [0.2, 0.25) is 0 Å². The molecule has 2 aliphatic heterocycles. The second-order valence-corrected chi connectivity index (χ2v) is 6.40. The van der Waals surface area contributed by atoms with Gasteiger partial charge in [0, 0.05) is 19.0 Å². The van der Waals surface area contributed by atoms with E-state index in [2.05, 4.69) is 66.4 Å². The van der Waals surface area contributed by atoms with Gasteiger partial charge in [-0.25, -0.2) is 0 Å². The summed E-state index contributed by atoms with van der Waals surface area (Å²) in [6.07, 6.45) is 2.06. The fourth-order valence-electron chi connectivity index (χ4n) is 3.78. The van der Waals surface area contributed by atoms with Gasteiger partial charge in [0.1, 0.15) is 5.72 Å². The average molecular weight is 279 g/mol. The minimum atomic E-state index is -0.181. The van der Waals surface area contributed by atoms with Crippen LogP contribution in [0.25, 0.3) is 0 Å². The molecule has 0 spiro atoms. The van der Waals surface area contributed by atoms with Gasteiger partial charge in [-0.3, -0.25) is 4.90 Å². The molecule has 0 bridgehead atoms. The van der Waals surface area contributed by atoms with Crippen molar-refractivity contribution in [2.24, 2.45) is 0 Å². The first kappa shape index (κ1) is 13.1. The standard InChI is InChI=1S/C19H21NO/c1-19(12-15-7-3-2-4-8-15)20-13-17-10-6-5-9-16(17)11-18(20)14-21-19/h2-10,18H,11-14H2,1H3. The molecular weight excluding hydrogens is 258 g/mol. The van der Waals surface area contributed by atoms with Crippen LogP contribution >= 0.6 is 0 Å². The van der Waals surface area contributed by atoms with Crippen molar-refractivity contribution < 1.29 is 4.74 Å². The molecular formula is C19H21NO. The molecule has 0 amide bonds. The molecule has 0 aliphatic carbocycles. The molecule has 1 saturated heterocycles. The second kappa shape index (κ2) is 4.97. The number of ether oxygens (including phenoxy) is 1. The van der Waals surface area contributed by atoms with Crippen LogP contribution in [-0.4, -0.2) is 23.3 Å². The van der Waals surface area contributed by atoms with Gasteiger partial charge in [-0.05, 0) is 30.0 Å². The molecule has 0 saturated carbocycles. The van der Waals surface area contributed by atoms with Crippen LogP contribution in [0.2, 0.25) is 0 Å². The quantitative estimate of drug-likeness (QED) is 0.835. The molecule has 2 heterocycles. The summed E-state index contributed by atoms with van der Waals surface area (Å²) in [5, 5.41) is 0. The van der Waals surface area contributed by atoms with Crippen LogP contribution in [0.4, 0.5) is 0 Å². The van der Waals surface area contributed by atoms with E-state index in [9.17, 15) is 0 Å². The average Bonchev–Trinajstić information content (AvgIpc) is 2.83. The zero-order valence-electron chi connectivity index (χ0n) is 12.5. The summed E-state index contributed by atoms with van der Waals surface area (Å²) in [6.45, 7) is 4.09. The summed E-state index contributed by atoms with van der Waals surface area (Å²) in [5.74, 6) is 0. The SMILES string of the molecule is CC1(Cc2ccccc2)OCC2Cc3ccccc3CN21. The molecule has 2 heteroatoms. The topological polar surface area (TPSA) is 12.5 Å². The maximum atomic E-state index is 6.25. The van der Waals surface area contributed by atoms with E-state index in [1.54, 1.807) is 0 Å². The van der Waals surface area contributed by atoms with Crippen molar-refractivity contribution in [2.75, 3.05) is 6.61 Å². The molecule has 108 valence electrons. The first-order valence-corrected chi connectivity index (χ1v) is 7.76. The summed E-state index contributed by atoms with van der Waals surface area (Å²) in [6, 6.07) is 20.0. The van der Waals surface area contributed by atoms with Gasteiger partial charge in [0.05, 0.1) is 6.61 Å². The van der Waals surface area contributed by atoms with E-state index < -0.39 is 0 Å². The summed E-state index contributed by atoms with van der Waals surface area (Å²) in [7, 11) is 0. The van der Waals surface area contributed by atoms with Crippen LogP contribution in [0, 0.1) is 0 Å². The molecule has 2 unspecified atom stereocenters. The molecule has 2 aromatic carbocycles. The molecule has 2 nitrogen and oxygen atoms in total. The molecule has 2 atom stereocenters. The number of rotatable bonds is 2. The van der Waals surface area contributed by atoms with Gasteiger partial charge in [-0.15, -0.1) is 0 Å². The number of nitrogens with zero attached hydrogens (tertiary/aromatic N) is 1. The first-order valence-electron chi connectivity index (χ1n) is 7.76. The maximum Gasteiger partial charge on any atom is 0.123 e. The Labute approximate surface area is 126 Å². The van der Waals surface area contributed by atoms with E-state index in [4.69, 9.17) is 4.74 Å². The van der Waals surface area contributed by atoms with Crippen LogP contribution in [-0.2, 0) is 24.1 Å². The summed E-state index contributed by atoms with van der Waals surface area (Å²) >= 11 is 0. The highest BCUT2D eigenvalue weighted by atomic mass is 16.5. The lowest BCUT2D eigenvalue weighted by molar-refractivity contribution is -0.0746. The van der Waals surface area contributed by atoms with E-state index in [0.29, 0.717) is 6.04 Å². The lowest BCUT2D eigenvalue weighted by Crippen LogP contribution is -2.49. The molecule has 2 aliphatic rings. The Morgan fingerprint density at radius 2 is 1.76 bits per heavy atom. The molecule has 0 aromatic heterocycles. The smallest absolute Gasteiger partial charge is 0.123 e. The predicted molar refractivity (Wildman–Crippen MR) is 84.0 cm³/mol. The van der Waals surface area contributed by atoms with Crippen molar-refractivity contribution in [3.8, 4) is 0 Å². The van der Waals surface area contributed by atoms with Crippen molar-refractivity contribution in [3.63, 3.8) is 0 Å². The third-order valence-corrected chi connectivity index (χ3v) is 4.92. The van der Waals surface area contributed by atoms with Gasteiger partial charge in [0.15, 0.2) is 0 Å². The highest BCUT2D eigenvalue weighted by Gasteiger charge is 2.45. The lowest BCUT2D eigenvalue weighted by atomic mass is 9.92. The zero-order chi connectivity index (χ0) is 14.3. The molecule has 0 N–H and O–H groups in total. The van der Waals surface area contributed by atoms with Crippen LogP contribution in [0.5, 0.6) is 0 Å².